The van der Waals surface area contributed by atoms with Gasteiger partial charge in [-0.2, -0.15) is 0 Å². The molecule has 1 rings (SSSR count). The minimum atomic E-state index is -0.213. The molecule has 0 saturated carbocycles. The van der Waals surface area contributed by atoms with Crippen LogP contribution in [-0.2, 0) is 0 Å². The molecule has 0 aromatic rings. The van der Waals surface area contributed by atoms with Crippen molar-refractivity contribution in [2.75, 3.05) is 13.1 Å². The Labute approximate surface area is 68.0 Å². The molecule has 0 spiro atoms. The molecule has 1 saturated heterocycles. The van der Waals surface area contributed by atoms with Crippen molar-refractivity contribution in [2.45, 2.75) is 25.9 Å². The van der Waals surface area contributed by atoms with E-state index in [2.05, 4.69) is 17.2 Å². The van der Waals surface area contributed by atoms with Gasteiger partial charge < -0.3 is 10.4 Å². The maximum atomic E-state index is 9.45. The fourth-order valence-corrected chi connectivity index (χ4v) is 1.23. The molecule has 0 aromatic carbocycles. The zero-order valence-corrected chi connectivity index (χ0v) is 6.93. The minimum absolute atomic E-state index is 0.156. The number of hydrogen-bond acceptors (Lipinski definition) is 2. The van der Waals surface area contributed by atoms with Crippen LogP contribution < -0.4 is 5.32 Å². The number of aliphatic hydroxyl groups excluding tert-OH is 1. The average molecular weight is 153 g/mol. The molecule has 2 atom stereocenters. The van der Waals surface area contributed by atoms with Crippen LogP contribution in [0.4, 0.5) is 0 Å². The molecule has 0 aliphatic carbocycles. The summed E-state index contributed by atoms with van der Waals surface area (Å²) in [4.78, 5) is 0. The van der Waals surface area contributed by atoms with Crippen molar-refractivity contribution < 1.29 is 5.11 Å². The highest BCUT2D eigenvalue weighted by molar-refractivity contribution is 5.07. The first-order valence-electron chi connectivity index (χ1n) is 4.21. The summed E-state index contributed by atoms with van der Waals surface area (Å²) in [6.07, 6.45) is 1.50. The van der Waals surface area contributed by atoms with Gasteiger partial charge in [-0.05, 0) is 13.0 Å². The van der Waals surface area contributed by atoms with E-state index in [0.29, 0.717) is 0 Å². The highest BCUT2D eigenvalue weighted by Crippen LogP contribution is 2.09. The Morgan fingerprint density at radius 2 is 2.45 bits per heavy atom. The second kappa shape index (κ2) is 4.38. The molecule has 0 aromatic heterocycles. The molecule has 0 bridgehead atoms. The van der Waals surface area contributed by atoms with Gasteiger partial charge >= 0.3 is 0 Å². The summed E-state index contributed by atoms with van der Waals surface area (Å²) in [5.74, 6) is 6.21. The standard InChI is InChI=1S/C9H15NO/c1-2-3-4-8-7-10-6-5-9(8)11/h8-11H,2,5-7H2,1H3. The van der Waals surface area contributed by atoms with E-state index >= 15 is 0 Å². The molecule has 2 N–H and O–H groups in total. The van der Waals surface area contributed by atoms with E-state index in [1.54, 1.807) is 0 Å². The Morgan fingerprint density at radius 1 is 1.64 bits per heavy atom. The van der Waals surface area contributed by atoms with Gasteiger partial charge in [-0.1, -0.05) is 12.8 Å². The lowest BCUT2D eigenvalue weighted by molar-refractivity contribution is 0.105. The SMILES string of the molecule is CCC#CC1CNCCC1O. The first-order chi connectivity index (χ1) is 5.34. The summed E-state index contributed by atoms with van der Waals surface area (Å²) < 4.78 is 0. The molecule has 1 aliphatic heterocycles. The van der Waals surface area contributed by atoms with Crippen LogP contribution in [0.3, 0.4) is 0 Å². The quantitative estimate of drug-likeness (QED) is 0.493. The van der Waals surface area contributed by atoms with Crippen LogP contribution in [-0.4, -0.2) is 24.3 Å². The number of rotatable bonds is 0. The van der Waals surface area contributed by atoms with Crippen LogP contribution >= 0.6 is 0 Å². The lowest BCUT2D eigenvalue weighted by Crippen LogP contribution is -2.39. The van der Waals surface area contributed by atoms with E-state index in [0.717, 1.165) is 25.9 Å². The lowest BCUT2D eigenvalue weighted by atomic mass is 9.97. The normalized spacial score (nSPS) is 30.7. The molecule has 62 valence electrons. The monoisotopic (exact) mass is 153 g/mol. The topological polar surface area (TPSA) is 32.3 Å². The first-order valence-corrected chi connectivity index (χ1v) is 4.21. The van der Waals surface area contributed by atoms with Crippen LogP contribution in [0.5, 0.6) is 0 Å². The van der Waals surface area contributed by atoms with Gasteiger partial charge in [0, 0.05) is 13.0 Å². The zero-order chi connectivity index (χ0) is 8.10. The van der Waals surface area contributed by atoms with Crippen molar-refractivity contribution >= 4 is 0 Å². The average Bonchev–Trinajstić information content (AvgIpc) is 2.03. The van der Waals surface area contributed by atoms with Gasteiger partial charge in [-0.3, -0.25) is 0 Å². The third-order valence-electron chi connectivity index (χ3n) is 1.91. The van der Waals surface area contributed by atoms with E-state index in [4.69, 9.17) is 0 Å². The van der Waals surface area contributed by atoms with Crippen molar-refractivity contribution in [1.82, 2.24) is 5.32 Å². The Morgan fingerprint density at radius 3 is 3.09 bits per heavy atom. The van der Waals surface area contributed by atoms with Gasteiger partial charge in [0.05, 0.1) is 12.0 Å². The van der Waals surface area contributed by atoms with E-state index in [9.17, 15) is 5.11 Å². The Hall–Kier alpha value is -0.520. The van der Waals surface area contributed by atoms with Gasteiger partial charge in [0.2, 0.25) is 0 Å². The summed E-state index contributed by atoms with van der Waals surface area (Å²) in [6, 6.07) is 0. The van der Waals surface area contributed by atoms with Crippen molar-refractivity contribution in [3.63, 3.8) is 0 Å². The van der Waals surface area contributed by atoms with E-state index < -0.39 is 0 Å². The number of hydrogen-bond donors (Lipinski definition) is 2. The summed E-state index contributed by atoms with van der Waals surface area (Å²) in [5, 5.41) is 12.7. The van der Waals surface area contributed by atoms with Crippen molar-refractivity contribution in [1.29, 1.82) is 0 Å². The third kappa shape index (κ3) is 2.53. The molecular weight excluding hydrogens is 138 g/mol. The molecule has 1 heterocycles. The van der Waals surface area contributed by atoms with Gasteiger partial charge in [0.1, 0.15) is 0 Å². The van der Waals surface area contributed by atoms with E-state index in [1.165, 1.54) is 0 Å². The van der Waals surface area contributed by atoms with Crippen LogP contribution in [0.1, 0.15) is 19.8 Å². The third-order valence-corrected chi connectivity index (χ3v) is 1.91. The summed E-state index contributed by atoms with van der Waals surface area (Å²) in [6.45, 7) is 3.79. The molecule has 1 aliphatic rings. The second-order valence-electron chi connectivity index (χ2n) is 2.84. The van der Waals surface area contributed by atoms with Crippen LogP contribution in [0.25, 0.3) is 0 Å². The highest BCUT2D eigenvalue weighted by atomic mass is 16.3. The minimum Gasteiger partial charge on any atom is -0.392 e. The number of piperidine rings is 1. The summed E-state index contributed by atoms with van der Waals surface area (Å²) >= 11 is 0. The van der Waals surface area contributed by atoms with Crippen LogP contribution in [0.2, 0.25) is 0 Å². The molecule has 2 heteroatoms. The number of aliphatic hydroxyl groups is 1. The zero-order valence-electron chi connectivity index (χ0n) is 6.93. The maximum absolute atomic E-state index is 9.45. The van der Waals surface area contributed by atoms with Crippen LogP contribution in [0, 0.1) is 17.8 Å². The van der Waals surface area contributed by atoms with Crippen molar-refractivity contribution in [3.05, 3.63) is 0 Å². The van der Waals surface area contributed by atoms with E-state index in [1.807, 2.05) is 6.92 Å². The van der Waals surface area contributed by atoms with E-state index in [-0.39, 0.29) is 12.0 Å². The lowest BCUT2D eigenvalue weighted by Gasteiger charge is -2.23. The molecule has 0 amide bonds. The summed E-state index contributed by atoms with van der Waals surface area (Å²) in [5.41, 5.74) is 0. The van der Waals surface area contributed by atoms with Gasteiger partial charge in [-0.25, -0.2) is 0 Å². The predicted molar refractivity (Wildman–Crippen MR) is 45.1 cm³/mol. The Balaban J connectivity index is 2.41. The smallest absolute Gasteiger partial charge is 0.0702 e. The number of nitrogens with one attached hydrogen (secondary N) is 1. The predicted octanol–water partition coefficient (Wildman–Crippen LogP) is 0.370. The fraction of sp³-hybridized carbons (Fsp3) is 0.778. The molecule has 11 heavy (non-hydrogen) atoms. The molecule has 0 radical (unpaired) electrons. The Bertz CT molecular complexity index is 168. The first kappa shape index (κ1) is 8.58. The fourth-order valence-electron chi connectivity index (χ4n) is 1.23. The molecular formula is C9H15NO. The van der Waals surface area contributed by atoms with Gasteiger partial charge in [-0.15, -0.1) is 5.92 Å². The van der Waals surface area contributed by atoms with Crippen LogP contribution in [0.15, 0.2) is 0 Å². The Kier molecular flexibility index (Phi) is 3.41. The summed E-state index contributed by atoms with van der Waals surface area (Å²) in [7, 11) is 0. The molecule has 2 nitrogen and oxygen atoms in total. The highest BCUT2D eigenvalue weighted by Gasteiger charge is 2.19. The molecule has 1 fully saturated rings. The van der Waals surface area contributed by atoms with Gasteiger partial charge in [0.25, 0.3) is 0 Å². The maximum Gasteiger partial charge on any atom is 0.0702 e. The van der Waals surface area contributed by atoms with Crippen molar-refractivity contribution in [3.8, 4) is 11.8 Å². The second-order valence-corrected chi connectivity index (χ2v) is 2.84. The van der Waals surface area contributed by atoms with Gasteiger partial charge in [0.15, 0.2) is 0 Å². The largest absolute Gasteiger partial charge is 0.392 e. The molecule has 2 unspecified atom stereocenters. The van der Waals surface area contributed by atoms with Crippen molar-refractivity contribution in [2.24, 2.45) is 5.92 Å².